The molecule has 1 fully saturated rings. The maximum absolute atomic E-state index is 12.2. The van der Waals surface area contributed by atoms with Crippen molar-refractivity contribution in [2.24, 2.45) is 0 Å². The Labute approximate surface area is 123 Å². The average molecular weight is 315 g/mol. The molecule has 1 aromatic carbocycles. The highest BCUT2D eigenvalue weighted by Gasteiger charge is 2.33. The molecular formula is C13H15ClN2O3S. The smallest absolute Gasteiger partial charge is 0.240 e. The minimum atomic E-state index is -3.61. The van der Waals surface area contributed by atoms with Crippen LogP contribution in [-0.4, -0.2) is 27.2 Å². The van der Waals surface area contributed by atoms with Gasteiger partial charge in [0.05, 0.1) is 21.6 Å². The van der Waals surface area contributed by atoms with Crippen LogP contribution in [0.3, 0.4) is 0 Å². The van der Waals surface area contributed by atoms with Crippen molar-refractivity contribution in [3.63, 3.8) is 0 Å². The summed E-state index contributed by atoms with van der Waals surface area (Å²) in [5, 5.41) is 8.91. The van der Waals surface area contributed by atoms with E-state index in [0.717, 1.165) is 0 Å². The minimum Gasteiger partial charge on any atom is -0.378 e. The highest BCUT2D eigenvalue weighted by Crippen LogP contribution is 2.26. The Morgan fingerprint density at radius 2 is 2.20 bits per heavy atom. The second-order valence-corrected chi connectivity index (χ2v) is 6.74. The quantitative estimate of drug-likeness (QED) is 0.902. The van der Waals surface area contributed by atoms with Crippen molar-refractivity contribution in [3.8, 4) is 6.07 Å². The van der Waals surface area contributed by atoms with Crippen molar-refractivity contribution in [2.75, 3.05) is 6.61 Å². The van der Waals surface area contributed by atoms with Gasteiger partial charge in [0.25, 0.3) is 0 Å². The van der Waals surface area contributed by atoms with E-state index in [2.05, 4.69) is 4.72 Å². The molecule has 5 nitrogen and oxygen atoms in total. The van der Waals surface area contributed by atoms with Crippen LogP contribution in [0.1, 0.15) is 25.3 Å². The SMILES string of the molecule is CCOC1CC(NS(=O)(=O)c2ccc(C#N)c(Cl)c2)C1. The molecule has 0 saturated heterocycles. The fourth-order valence-corrected chi connectivity index (χ4v) is 3.65. The van der Waals surface area contributed by atoms with Gasteiger partial charge in [-0.3, -0.25) is 0 Å². The van der Waals surface area contributed by atoms with Gasteiger partial charge in [0, 0.05) is 12.6 Å². The third-order valence-corrected chi connectivity index (χ3v) is 5.02. The Morgan fingerprint density at radius 3 is 2.75 bits per heavy atom. The first-order chi connectivity index (χ1) is 9.46. The zero-order chi connectivity index (χ0) is 14.8. The van der Waals surface area contributed by atoms with Gasteiger partial charge in [-0.05, 0) is 38.0 Å². The lowest BCUT2D eigenvalue weighted by Crippen LogP contribution is -2.47. The minimum absolute atomic E-state index is 0.0707. The fraction of sp³-hybridized carbons (Fsp3) is 0.462. The number of ether oxygens (including phenoxy) is 1. The summed E-state index contributed by atoms with van der Waals surface area (Å²) in [5.74, 6) is 0. The van der Waals surface area contributed by atoms with Crippen molar-refractivity contribution < 1.29 is 13.2 Å². The van der Waals surface area contributed by atoms with Gasteiger partial charge in [0.1, 0.15) is 6.07 Å². The summed E-state index contributed by atoms with van der Waals surface area (Å²) < 4.78 is 32.3. The van der Waals surface area contributed by atoms with Crippen LogP contribution < -0.4 is 4.72 Å². The number of nitriles is 1. The molecule has 20 heavy (non-hydrogen) atoms. The second-order valence-electron chi connectivity index (χ2n) is 4.62. The van der Waals surface area contributed by atoms with E-state index < -0.39 is 10.0 Å². The molecule has 0 aliphatic heterocycles. The lowest BCUT2D eigenvalue weighted by atomic mass is 9.90. The molecule has 1 aromatic rings. The standard InChI is InChI=1S/C13H15ClN2O3S/c1-2-19-11-5-10(6-11)16-20(17,18)12-4-3-9(8-15)13(14)7-12/h3-4,7,10-11,16H,2,5-6H2,1H3. The molecule has 0 unspecified atom stereocenters. The highest BCUT2D eigenvalue weighted by molar-refractivity contribution is 7.89. The summed E-state index contributed by atoms with van der Waals surface area (Å²) in [5.41, 5.74) is 0.255. The largest absolute Gasteiger partial charge is 0.378 e. The van der Waals surface area contributed by atoms with E-state index in [1.807, 2.05) is 13.0 Å². The number of rotatable bonds is 5. The predicted molar refractivity (Wildman–Crippen MR) is 74.9 cm³/mol. The molecule has 1 saturated carbocycles. The van der Waals surface area contributed by atoms with E-state index in [0.29, 0.717) is 19.4 Å². The number of nitrogens with one attached hydrogen (secondary N) is 1. The van der Waals surface area contributed by atoms with Gasteiger partial charge in [-0.15, -0.1) is 0 Å². The number of hydrogen-bond acceptors (Lipinski definition) is 4. The molecule has 0 atom stereocenters. The molecule has 2 rings (SSSR count). The molecular weight excluding hydrogens is 300 g/mol. The molecule has 108 valence electrons. The van der Waals surface area contributed by atoms with Gasteiger partial charge in [0.2, 0.25) is 10.0 Å². The molecule has 0 amide bonds. The van der Waals surface area contributed by atoms with Crippen LogP contribution in [-0.2, 0) is 14.8 Å². The summed E-state index contributed by atoms with van der Waals surface area (Å²) >= 11 is 5.85. The monoisotopic (exact) mass is 314 g/mol. The van der Waals surface area contributed by atoms with Crippen molar-refractivity contribution in [3.05, 3.63) is 28.8 Å². The lowest BCUT2D eigenvalue weighted by molar-refractivity contribution is -0.00475. The summed E-state index contributed by atoms with van der Waals surface area (Å²) in [6.45, 7) is 2.55. The summed E-state index contributed by atoms with van der Waals surface area (Å²) in [7, 11) is -3.61. The van der Waals surface area contributed by atoms with Gasteiger partial charge in [-0.1, -0.05) is 11.6 Å². The van der Waals surface area contributed by atoms with Gasteiger partial charge >= 0.3 is 0 Å². The van der Waals surface area contributed by atoms with Crippen LogP contribution in [0.25, 0.3) is 0 Å². The van der Waals surface area contributed by atoms with Gasteiger partial charge in [-0.25, -0.2) is 13.1 Å². The first kappa shape index (κ1) is 15.3. The predicted octanol–water partition coefficient (Wildman–Crippen LogP) is 2.06. The average Bonchev–Trinajstić information content (AvgIpc) is 2.36. The number of benzene rings is 1. The molecule has 0 heterocycles. The van der Waals surface area contributed by atoms with E-state index in [1.54, 1.807) is 0 Å². The van der Waals surface area contributed by atoms with E-state index in [-0.39, 0.29) is 27.6 Å². The van der Waals surface area contributed by atoms with Crippen molar-refractivity contribution >= 4 is 21.6 Å². The summed E-state index contributed by atoms with van der Waals surface area (Å²) in [4.78, 5) is 0.0707. The molecule has 0 bridgehead atoms. The topological polar surface area (TPSA) is 79.2 Å². The normalized spacial score (nSPS) is 22.1. The molecule has 1 aliphatic rings. The fourth-order valence-electron chi connectivity index (χ4n) is 2.07. The third kappa shape index (κ3) is 3.30. The van der Waals surface area contributed by atoms with Crippen LogP contribution in [0.2, 0.25) is 5.02 Å². The number of hydrogen-bond donors (Lipinski definition) is 1. The zero-order valence-corrected chi connectivity index (χ0v) is 12.5. The van der Waals surface area contributed by atoms with Crippen LogP contribution >= 0.6 is 11.6 Å². The van der Waals surface area contributed by atoms with Gasteiger partial charge in [-0.2, -0.15) is 5.26 Å². The van der Waals surface area contributed by atoms with E-state index in [1.165, 1.54) is 18.2 Å². The molecule has 0 spiro atoms. The van der Waals surface area contributed by atoms with Crippen LogP contribution in [0.5, 0.6) is 0 Å². The molecule has 1 N–H and O–H groups in total. The Morgan fingerprint density at radius 1 is 1.50 bits per heavy atom. The number of nitrogens with zero attached hydrogens (tertiary/aromatic N) is 1. The lowest BCUT2D eigenvalue weighted by Gasteiger charge is -2.35. The molecule has 1 aliphatic carbocycles. The maximum atomic E-state index is 12.2. The molecule has 0 aromatic heterocycles. The van der Waals surface area contributed by atoms with Crippen molar-refractivity contribution in [2.45, 2.75) is 36.8 Å². The maximum Gasteiger partial charge on any atom is 0.240 e. The third-order valence-electron chi connectivity index (χ3n) is 3.19. The van der Waals surface area contributed by atoms with Crippen LogP contribution in [0.15, 0.2) is 23.1 Å². The number of halogens is 1. The van der Waals surface area contributed by atoms with E-state index in [9.17, 15) is 8.42 Å². The van der Waals surface area contributed by atoms with E-state index in [4.69, 9.17) is 21.6 Å². The first-order valence-electron chi connectivity index (χ1n) is 6.30. The van der Waals surface area contributed by atoms with Gasteiger partial charge < -0.3 is 4.74 Å². The Balaban J connectivity index is 2.05. The summed E-state index contributed by atoms with van der Waals surface area (Å²) in [6.07, 6.45) is 1.49. The Kier molecular flexibility index (Phi) is 4.66. The second kappa shape index (κ2) is 6.10. The van der Waals surface area contributed by atoms with Crippen LogP contribution in [0.4, 0.5) is 0 Å². The highest BCUT2D eigenvalue weighted by atomic mass is 35.5. The van der Waals surface area contributed by atoms with Crippen molar-refractivity contribution in [1.82, 2.24) is 4.72 Å². The Hall–Kier alpha value is -1.13. The van der Waals surface area contributed by atoms with Gasteiger partial charge in [0.15, 0.2) is 0 Å². The molecule has 7 heteroatoms. The first-order valence-corrected chi connectivity index (χ1v) is 8.16. The number of sulfonamides is 1. The van der Waals surface area contributed by atoms with E-state index >= 15 is 0 Å². The Bertz CT molecular complexity index is 634. The van der Waals surface area contributed by atoms with Crippen LogP contribution in [0, 0.1) is 11.3 Å². The summed E-state index contributed by atoms with van der Waals surface area (Å²) in [6, 6.07) is 5.86. The van der Waals surface area contributed by atoms with Crippen molar-refractivity contribution in [1.29, 1.82) is 5.26 Å². The molecule has 0 radical (unpaired) electrons. The zero-order valence-electron chi connectivity index (χ0n) is 11.0.